The van der Waals surface area contributed by atoms with Gasteiger partial charge in [-0.2, -0.15) is 0 Å². The summed E-state index contributed by atoms with van der Waals surface area (Å²) in [5, 5.41) is 3.33. The Labute approximate surface area is 102 Å². The van der Waals surface area contributed by atoms with Crippen LogP contribution in [0.2, 0.25) is 0 Å². The van der Waals surface area contributed by atoms with E-state index in [1.54, 1.807) is 0 Å². The summed E-state index contributed by atoms with van der Waals surface area (Å²) in [6.45, 7) is 7.30. The molecule has 0 spiro atoms. The Morgan fingerprint density at radius 1 is 1.00 bits per heavy atom. The Kier molecular flexibility index (Phi) is 11.3. The minimum atomic E-state index is 0.348. The number of hydrogen-bond donors (Lipinski definition) is 1. The lowest BCUT2D eigenvalue weighted by atomic mass is 10.1. The smallest absolute Gasteiger partial charge is 0.0622 e. The normalized spacial score (nSPS) is 13.3. The molecule has 1 atom stereocenters. The van der Waals surface area contributed by atoms with Gasteiger partial charge in [0.25, 0.3) is 0 Å². The minimum absolute atomic E-state index is 0.348. The molecule has 0 saturated heterocycles. The van der Waals surface area contributed by atoms with Crippen LogP contribution in [0.5, 0.6) is 0 Å². The van der Waals surface area contributed by atoms with Gasteiger partial charge in [-0.3, -0.25) is 0 Å². The highest BCUT2D eigenvalue weighted by Gasteiger charge is 2.06. The lowest BCUT2D eigenvalue weighted by molar-refractivity contribution is 0.0605. The van der Waals surface area contributed by atoms with Gasteiger partial charge in [0.15, 0.2) is 0 Å². The number of likely N-dealkylation sites (N-methyl/N-ethyl adjacent to an activating group) is 1. The zero-order valence-corrected chi connectivity index (χ0v) is 11.7. The molecule has 0 aromatic rings. The van der Waals surface area contributed by atoms with Crippen molar-refractivity contribution < 1.29 is 4.74 Å². The first kappa shape index (κ1) is 15.9. The molecule has 0 aliphatic rings. The molecule has 0 amide bonds. The van der Waals surface area contributed by atoms with E-state index in [4.69, 9.17) is 4.74 Å². The molecular formula is C14H31NO. The van der Waals surface area contributed by atoms with E-state index in [1.807, 2.05) is 7.05 Å². The molecule has 2 heteroatoms. The number of ether oxygens (including phenoxy) is 1. The van der Waals surface area contributed by atoms with Gasteiger partial charge in [-0.05, 0) is 27.3 Å². The Bertz CT molecular complexity index is 137. The highest BCUT2D eigenvalue weighted by molar-refractivity contribution is 4.64. The third-order valence-corrected chi connectivity index (χ3v) is 2.95. The van der Waals surface area contributed by atoms with E-state index in [2.05, 4.69) is 26.1 Å². The molecule has 0 aliphatic heterocycles. The number of hydrogen-bond acceptors (Lipinski definition) is 2. The predicted octanol–water partition coefficient (Wildman–Crippen LogP) is 3.75. The first-order chi connectivity index (χ1) is 7.70. The van der Waals surface area contributed by atoms with Gasteiger partial charge in [0, 0.05) is 6.04 Å². The second-order valence-corrected chi connectivity index (χ2v) is 4.92. The highest BCUT2D eigenvalue weighted by Crippen LogP contribution is 2.09. The van der Waals surface area contributed by atoms with Crippen LogP contribution in [0, 0.1) is 0 Å². The molecule has 0 radical (unpaired) electrons. The standard InChI is InChI=1S/C14H31NO/c1-5-6-7-8-9-10-11-14(15-4)12-16-13(2)3/h13-15H,5-12H2,1-4H3. The molecule has 0 rings (SSSR count). The monoisotopic (exact) mass is 229 g/mol. The van der Waals surface area contributed by atoms with Gasteiger partial charge in [0.2, 0.25) is 0 Å². The van der Waals surface area contributed by atoms with Gasteiger partial charge in [-0.15, -0.1) is 0 Å². The van der Waals surface area contributed by atoms with Crippen LogP contribution >= 0.6 is 0 Å². The second-order valence-electron chi connectivity index (χ2n) is 4.92. The van der Waals surface area contributed by atoms with E-state index in [9.17, 15) is 0 Å². The second kappa shape index (κ2) is 11.4. The van der Waals surface area contributed by atoms with E-state index in [-0.39, 0.29) is 0 Å². The lowest BCUT2D eigenvalue weighted by Crippen LogP contribution is -2.31. The molecule has 16 heavy (non-hydrogen) atoms. The van der Waals surface area contributed by atoms with Crippen molar-refractivity contribution in [3.05, 3.63) is 0 Å². The Hall–Kier alpha value is -0.0800. The number of nitrogens with one attached hydrogen (secondary N) is 1. The summed E-state index contributed by atoms with van der Waals surface area (Å²) in [7, 11) is 2.03. The third-order valence-electron chi connectivity index (χ3n) is 2.95. The summed E-state index contributed by atoms with van der Waals surface area (Å²) in [6, 6.07) is 0.536. The first-order valence-corrected chi connectivity index (χ1v) is 6.99. The summed E-state index contributed by atoms with van der Waals surface area (Å²) in [4.78, 5) is 0. The molecule has 0 saturated carbocycles. The number of rotatable bonds is 11. The van der Waals surface area contributed by atoms with Crippen LogP contribution in [0.15, 0.2) is 0 Å². The summed E-state index contributed by atoms with van der Waals surface area (Å²) >= 11 is 0. The van der Waals surface area contributed by atoms with Gasteiger partial charge in [-0.1, -0.05) is 45.4 Å². The molecule has 98 valence electrons. The fourth-order valence-electron chi connectivity index (χ4n) is 1.79. The Balaban J connectivity index is 3.33. The van der Waals surface area contributed by atoms with Crippen LogP contribution in [0.1, 0.15) is 65.7 Å². The van der Waals surface area contributed by atoms with Crippen LogP contribution in [0.3, 0.4) is 0 Å². The SMILES string of the molecule is CCCCCCCCC(COC(C)C)NC. The summed E-state index contributed by atoms with van der Waals surface area (Å²) in [6.07, 6.45) is 9.83. The van der Waals surface area contributed by atoms with E-state index in [0.717, 1.165) is 6.61 Å². The van der Waals surface area contributed by atoms with Crippen LogP contribution in [-0.2, 0) is 4.74 Å². The Morgan fingerprint density at radius 3 is 2.19 bits per heavy atom. The quantitative estimate of drug-likeness (QED) is 0.545. The van der Waals surface area contributed by atoms with E-state index in [1.165, 1.54) is 44.9 Å². The van der Waals surface area contributed by atoms with Gasteiger partial charge in [-0.25, -0.2) is 0 Å². The van der Waals surface area contributed by atoms with Crippen molar-refractivity contribution in [3.63, 3.8) is 0 Å². The van der Waals surface area contributed by atoms with Crippen molar-refractivity contribution >= 4 is 0 Å². The summed E-state index contributed by atoms with van der Waals surface area (Å²) in [5.41, 5.74) is 0. The minimum Gasteiger partial charge on any atom is -0.377 e. The molecule has 1 N–H and O–H groups in total. The largest absolute Gasteiger partial charge is 0.377 e. The molecular weight excluding hydrogens is 198 g/mol. The summed E-state index contributed by atoms with van der Waals surface area (Å²) < 4.78 is 5.63. The van der Waals surface area contributed by atoms with Gasteiger partial charge >= 0.3 is 0 Å². The van der Waals surface area contributed by atoms with Crippen molar-refractivity contribution in [1.29, 1.82) is 0 Å². The Morgan fingerprint density at radius 2 is 1.62 bits per heavy atom. The van der Waals surface area contributed by atoms with Gasteiger partial charge < -0.3 is 10.1 Å². The average Bonchev–Trinajstić information content (AvgIpc) is 2.27. The van der Waals surface area contributed by atoms with Crippen LogP contribution in [0.25, 0.3) is 0 Å². The molecule has 0 bridgehead atoms. The third kappa shape index (κ3) is 10.4. The zero-order valence-electron chi connectivity index (χ0n) is 11.7. The van der Waals surface area contributed by atoms with Crippen LogP contribution in [0.4, 0.5) is 0 Å². The topological polar surface area (TPSA) is 21.3 Å². The fourth-order valence-corrected chi connectivity index (χ4v) is 1.79. The maximum Gasteiger partial charge on any atom is 0.0622 e. The molecule has 0 aromatic carbocycles. The molecule has 0 aromatic heterocycles. The van der Waals surface area contributed by atoms with Gasteiger partial charge in [0.05, 0.1) is 12.7 Å². The maximum atomic E-state index is 5.63. The predicted molar refractivity (Wildman–Crippen MR) is 71.9 cm³/mol. The molecule has 0 fully saturated rings. The fraction of sp³-hybridized carbons (Fsp3) is 1.00. The lowest BCUT2D eigenvalue weighted by Gasteiger charge is -2.17. The number of unbranched alkanes of at least 4 members (excludes halogenated alkanes) is 5. The average molecular weight is 229 g/mol. The summed E-state index contributed by atoms with van der Waals surface area (Å²) in [5.74, 6) is 0. The van der Waals surface area contributed by atoms with Crippen LogP contribution < -0.4 is 5.32 Å². The molecule has 0 aliphatic carbocycles. The molecule has 2 nitrogen and oxygen atoms in total. The van der Waals surface area contributed by atoms with Crippen molar-refractivity contribution in [3.8, 4) is 0 Å². The van der Waals surface area contributed by atoms with Crippen molar-refractivity contribution in [2.45, 2.75) is 77.9 Å². The van der Waals surface area contributed by atoms with E-state index >= 15 is 0 Å². The van der Waals surface area contributed by atoms with Crippen molar-refractivity contribution in [2.24, 2.45) is 0 Å². The van der Waals surface area contributed by atoms with Crippen LogP contribution in [-0.4, -0.2) is 25.8 Å². The van der Waals surface area contributed by atoms with E-state index < -0.39 is 0 Å². The first-order valence-electron chi connectivity index (χ1n) is 6.99. The van der Waals surface area contributed by atoms with Gasteiger partial charge in [0.1, 0.15) is 0 Å². The molecule has 1 unspecified atom stereocenters. The van der Waals surface area contributed by atoms with E-state index in [0.29, 0.717) is 12.1 Å². The zero-order chi connectivity index (χ0) is 12.2. The maximum absolute atomic E-state index is 5.63. The molecule has 0 heterocycles. The van der Waals surface area contributed by atoms with Crippen molar-refractivity contribution in [2.75, 3.05) is 13.7 Å². The highest BCUT2D eigenvalue weighted by atomic mass is 16.5. The van der Waals surface area contributed by atoms with Crippen molar-refractivity contribution in [1.82, 2.24) is 5.32 Å².